The second kappa shape index (κ2) is 9.42. The Balaban J connectivity index is 1.80. The number of nitrogens with zero attached hydrogens (tertiary/aromatic N) is 3. The van der Waals surface area contributed by atoms with E-state index in [0.717, 1.165) is 5.56 Å². The van der Waals surface area contributed by atoms with Gasteiger partial charge in [0.1, 0.15) is 0 Å². The van der Waals surface area contributed by atoms with E-state index in [1.54, 1.807) is 24.3 Å². The highest BCUT2D eigenvalue weighted by Crippen LogP contribution is 2.25. The van der Waals surface area contributed by atoms with E-state index in [1.807, 2.05) is 0 Å². The number of hydrazone groups is 1. The van der Waals surface area contributed by atoms with E-state index < -0.39 is 22.4 Å². The average molecular weight is 370 g/mol. The Morgan fingerprint density at radius 2 is 1.78 bits per heavy atom. The number of non-ortho nitro benzene ring substituents is 1. The van der Waals surface area contributed by atoms with Crippen molar-refractivity contribution in [3.63, 3.8) is 0 Å². The minimum atomic E-state index is -0.603. The molecule has 0 aliphatic rings. The number of hydrogen-bond acceptors (Lipinski definition) is 7. The second-order valence-corrected chi connectivity index (χ2v) is 5.03. The summed E-state index contributed by atoms with van der Waals surface area (Å²) in [6.07, 6.45) is 4.48. The maximum atomic E-state index is 11.6. The molecule has 0 saturated carbocycles. The monoisotopic (exact) mass is 370 g/mol. The van der Waals surface area contributed by atoms with Crippen LogP contribution in [0.3, 0.4) is 0 Å². The van der Waals surface area contributed by atoms with Gasteiger partial charge in [-0.3, -0.25) is 25.0 Å². The van der Waals surface area contributed by atoms with Crippen molar-refractivity contribution in [2.75, 3.05) is 6.61 Å². The van der Waals surface area contributed by atoms with E-state index in [-0.39, 0.29) is 17.1 Å². The summed E-state index contributed by atoms with van der Waals surface area (Å²) in [6.45, 7) is -0.436. The number of nitrogens with one attached hydrogen (secondary N) is 1. The van der Waals surface area contributed by atoms with Crippen LogP contribution < -0.4 is 10.2 Å². The van der Waals surface area contributed by atoms with Crippen molar-refractivity contribution in [1.29, 1.82) is 0 Å². The maximum absolute atomic E-state index is 11.6. The van der Waals surface area contributed by atoms with Gasteiger partial charge < -0.3 is 4.74 Å². The number of benzene rings is 2. The summed E-state index contributed by atoms with van der Waals surface area (Å²) in [5.74, 6) is -0.604. The molecule has 0 fully saturated rings. The van der Waals surface area contributed by atoms with Gasteiger partial charge in [0.05, 0.1) is 9.85 Å². The maximum Gasteiger partial charge on any atom is 0.310 e. The number of nitro groups is 2. The van der Waals surface area contributed by atoms with Crippen LogP contribution in [0.2, 0.25) is 0 Å². The number of carbonyl (C=O) groups excluding carboxylic acids is 1. The smallest absolute Gasteiger partial charge is 0.310 e. The highest BCUT2D eigenvalue weighted by molar-refractivity contribution is 5.82. The molecule has 0 aliphatic carbocycles. The van der Waals surface area contributed by atoms with Crippen LogP contribution in [0.15, 0.2) is 59.7 Å². The molecule has 0 spiro atoms. The van der Waals surface area contributed by atoms with E-state index in [4.69, 9.17) is 4.74 Å². The van der Waals surface area contributed by atoms with Crippen LogP contribution in [-0.4, -0.2) is 28.6 Å². The van der Waals surface area contributed by atoms with Gasteiger partial charge in [0.15, 0.2) is 12.4 Å². The van der Waals surface area contributed by atoms with Crippen LogP contribution in [-0.2, 0) is 4.79 Å². The molecule has 2 rings (SSSR count). The first-order chi connectivity index (χ1) is 13.0. The predicted octanol–water partition coefficient (Wildman–Crippen LogP) is 2.70. The zero-order valence-electron chi connectivity index (χ0n) is 13.8. The van der Waals surface area contributed by atoms with Crippen molar-refractivity contribution in [2.24, 2.45) is 5.10 Å². The summed E-state index contributed by atoms with van der Waals surface area (Å²) in [5, 5.41) is 25.1. The molecule has 2 aromatic carbocycles. The molecule has 0 aromatic heterocycles. The van der Waals surface area contributed by atoms with E-state index in [1.165, 1.54) is 42.6 Å². The van der Waals surface area contributed by atoms with Gasteiger partial charge in [-0.15, -0.1) is 0 Å². The Morgan fingerprint density at radius 3 is 2.44 bits per heavy atom. The Morgan fingerprint density at radius 1 is 1.07 bits per heavy atom. The van der Waals surface area contributed by atoms with E-state index >= 15 is 0 Å². The normalized spacial score (nSPS) is 10.8. The molecular formula is C17H14N4O6. The number of rotatable bonds is 8. The summed E-state index contributed by atoms with van der Waals surface area (Å²) in [5.41, 5.74) is 2.68. The number of hydrogen-bond donors (Lipinski definition) is 1. The molecule has 10 heteroatoms. The summed E-state index contributed by atoms with van der Waals surface area (Å²) in [6, 6.07) is 11.6. The Hall–Kier alpha value is -4.08. The Kier molecular flexibility index (Phi) is 6.71. The van der Waals surface area contributed by atoms with Crippen LogP contribution >= 0.6 is 0 Å². The van der Waals surface area contributed by atoms with Gasteiger partial charge in [-0.1, -0.05) is 18.2 Å². The number of nitro benzene ring substituents is 2. The van der Waals surface area contributed by atoms with Crippen molar-refractivity contribution in [3.8, 4) is 5.75 Å². The van der Waals surface area contributed by atoms with Gasteiger partial charge in [0.25, 0.3) is 11.6 Å². The third-order valence-electron chi connectivity index (χ3n) is 3.16. The minimum Gasteiger partial charge on any atom is -0.477 e. The third-order valence-corrected chi connectivity index (χ3v) is 3.16. The first-order valence-corrected chi connectivity index (χ1v) is 7.56. The zero-order valence-corrected chi connectivity index (χ0v) is 13.8. The van der Waals surface area contributed by atoms with Crippen LogP contribution in [0.25, 0.3) is 6.08 Å². The van der Waals surface area contributed by atoms with Gasteiger partial charge in [-0.2, -0.15) is 5.10 Å². The molecule has 0 radical (unpaired) electrons. The Bertz CT molecular complexity index is 893. The number of allylic oxidation sites excluding steroid dienone is 1. The molecule has 10 nitrogen and oxygen atoms in total. The lowest BCUT2D eigenvalue weighted by Crippen LogP contribution is -2.24. The highest BCUT2D eigenvalue weighted by atomic mass is 16.6. The fourth-order valence-electron chi connectivity index (χ4n) is 1.92. The molecule has 138 valence electrons. The van der Waals surface area contributed by atoms with Gasteiger partial charge in [0.2, 0.25) is 0 Å². The van der Waals surface area contributed by atoms with Crippen molar-refractivity contribution < 1.29 is 19.4 Å². The summed E-state index contributed by atoms with van der Waals surface area (Å²) >= 11 is 0. The van der Waals surface area contributed by atoms with Gasteiger partial charge in [-0.05, 0) is 29.8 Å². The first kappa shape index (κ1) is 19.2. The number of carbonyl (C=O) groups is 1. The summed E-state index contributed by atoms with van der Waals surface area (Å²) in [7, 11) is 0. The van der Waals surface area contributed by atoms with Gasteiger partial charge in [0, 0.05) is 24.4 Å². The number of para-hydroxylation sites is 2. The predicted molar refractivity (Wildman–Crippen MR) is 97.4 cm³/mol. The molecular weight excluding hydrogens is 356 g/mol. The van der Waals surface area contributed by atoms with Crippen molar-refractivity contribution in [3.05, 3.63) is 80.4 Å². The lowest BCUT2D eigenvalue weighted by atomic mass is 10.2. The average Bonchev–Trinajstić information content (AvgIpc) is 2.66. The Labute approximate surface area is 153 Å². The second-order valence-electron chi connectivity index (χ2n) is 5.03. The summed E-state index contributed by atoms with van der Waals surface area (Å²) in [4.78, 5) is 31.9. The molecule has 0 unspecified atom stereocenters. The summed E-state index contributed by atoms with van der Waals surface area (Å²) < 4.78 is 5.12. The fourth-order valence-corrected chi connectivity index (χ4v) is 1.92. The lowest BCUT2D eigenvalue weighted by molar-refractivity contribution is -0.385. The quantitative estimate of drug-likeness (QED) is 0.431. The fraction of sp³-hybridized carbons (Fsp3) is 0.0588. The van der Waals surface area contributed by atoms with Crippen LogP contribution in [0.5, 0.6) is 5.75 Å². The molecule has 1 amide bonds. The van der Waals surface area contributed by atoms with Crippen molar-refractivity contribution in [2.45, 2.75) is 0 Å². The van der Waals surface area contributed by atoms with E-state index in [9.17, 15) is 25.0 Å². The lowest BCUT2D eigenvalue weighted by Gasteiger charge is -2.05. The van der Waals surface area contributed by atoms with E-state index in [2.05, 4.69) is 10.5 Å². The highest BCUT2D eigenvalue weighted by Gasteiger charge is 2.14. The SMILES string of the molecule is O=C(COc1ccccc1[N+](=O)[O-])N/N=C\C=C\c1ccc([N+](=O)[O-])cc1. The molecule has 0 atom stereocenters. The third kappa shape index (κ3) is 6.05. The van der Waals surface area contributed by atoms with Crippen molar-refractivity contribution >= 4 is 29.6 Å². The van der Waals surface area contributed by atoms with Gasteiger partial charge in [-0.25, -0.2) is 5.43 Å². The van der Waals surface area contributed by atoms with E-state index in [0.29, 0.717) is 0 Å². The zero-order chi connectivity index (χ0) is 19.6. The molecule has 0 bridgehead atoms. The molecule has 1 N–H and O–H groups in total. The molecule has 2 aromatic rings. The van der Waals surface area contributed by atoms with Crippen molar-refractivity contribution in [1.82, 2.24) is 5.43 Å². The molecule has 27 heavy (non-hydrogen) atoms. The van der Waals surface area contributed by atoms with Crippen LogP contribution in [0.1, 0.15) is 5.56 Å². The topological polar surface area (TPSA) is 137 Å². The van der Waals surface area contributed by atoms with Gasteiger partial charge >= 0.3 is 5.69 Å². The molecule has 0 saturated heterocycles. The number of ether oxygens (including phenoxy) is 1. The standard InChI is InChI=1S/C17H14N4O6/c22-17(12-27-16-6-2-1-5-15(16)21(25)26)19-18-11-3-4-13-7-9-14(10-8-13)20(23)24/h1-11H,12H2,(H,19,22)/b4-3+,18-11-. The first-order valence-electron chi connectivity index (χ1n) is 7.56. The molecule has 0 heterocycles. The van der Waals surface area contributed by atoms with Crippen LogP contribution in [0, 0.1) is 20.2 Å². The minimum absolute atomic E-state index is 0.00765. The molecule has 0 aliphatic heterocycles. The van der Waals surface area contributed by atoms with Crippen LogP contribution in [0.4, 0.5) is 11.4 Å². The number of amides is 1. The largest absolute Gasteiger partial charge is 0.477 e.